The van der Waals surface area contributed by atoms with Crippen molar-refractivity contribution in [1.29, 1.82) is 0 Å². The van der Waals surface area contributed by atoms with Gasteiger partial charge in [0.15, 0.2) is 10.2 Å². The number of aromatic nitrogens is 1. The number of thiocarbonyl (C=S) groups is 1. The van der Waals surface area contributed by atoms with Gasteiger partial charge >= 0.3 is 0 Å². The van der Waals surface area contributed by atoms with Crippen LogP contribution in [0, 0.1) is 5.92 Å². The Labute approximate surface area is 186 Å². The van der Waals surface area contributed by atoms with Gasteiger partial charge in [-0.2, -0.15) is 0 Å². The summed E-state index contributed by atoms with van der Waals surface area (Å²) >= 11 is 6.84. The second kappa shape index (κ2) is 10.5. The molecule has 0 saturated heterocycles. The van der Waals surface area contributed by atoms with Crippen molar-refractivity contribution in [2.75, 3.05) is 11.9 Å². The van der Waals surface area contributed by atoms with Crippen molar-refractivity contribution in [2.45, 2.75) is 40.0 Å². The number of amides is 1. The second-order valence-electron chi connectivity index (χ2n) is 7.57. The average Bonchev–Trinajstić information content (AvgIpc) is 3.12. The summed E-state index contributed by atoms with van der Waals surface area (Å²) in [5.41, 5.74) is 2.73. The van der Waals surface area contributed by atoms with Gasteiger partial charge in [0.2, 0.25) is 0 Å². The van der Waals surface area contributed by atoms with E-state index in [1.165, 1.54) is 29.7 Å². The number of thiazole rings is 1. The van der Waals surface area contributed by atoms with Crippen molar-refractivity contribution in [1.82, 2.24) is 10.3 Å². The number of ether oxygens (including phenoxy) is 1. The smallest absolute Gasteiger partial charge is 0.257 e. The van der Waals surface area contributed by atoms with Crippen LogP contribution in [0.15, 0.2) is 42.5 Å². The van der Waals surface area contributed by atoms with Gasteiger partial charge in [-0.3, -0.25) is 10.1 Å². The fourth-order valence-electron chi connectivity index (χ4n) is 2.85. The van der Waals surface area contributed by atoms with E-state index in [4.69, 9.17) is 17.0 Å². The quantitative estimate of drug-likeness (QED) is 0.433. The van der Waals surface area contributed by atoms with Gasteiger partial charge in [0.05, 0.1) is 16.8 Å². The number of hydrogen-bond donors (Lipinski definition) is 2. The predicted molar refractivity (Wildman–Crippen MR) is 129 cm³/mol. The molecule has 0 aliphatic carbocycles. The summed E-state index contributed by atoms with van der Waals surface area (Å²) in [6, 6.07) is 13.4. The Balaban J connectivity index is 1.61. The van der Waals surface area contributed by atoms with E-state index < -0.39 is 0 Å². The molecule has 1 amide bonds. The van der Waals surface area contributed by atoms with E-state index in [0.717, 1.165) is 16.6 Å². The third-order valence-electron chi connectivity index (χ3n) is 4.40. The van der Waals surface area contributed by atoms with Gasteiger partial charge in [-0.1, -0.05) is 50.7 Å². The topological polar surface area (TPSA) is 63.2 Å². The fraction of sp³-hybridized carbons (Fsp3) is 0.348. The molecule has 30 heavy (non-hydrogen) atoms. The Morgan fingerprint density at radius 2 is 2.07 bits per heavy atom. The molecule has 0 bridgehead atoms. The lowest BCUT2D eigenvalue weighted by Crippen LogP contribution is -2.34. The van der Waals surface area contributed by atoms with Crippen molar-refractivity contribution >= 4 is 49.9 Å². The van der Waals surface area contributed by atoms with Crippen molar-refractivity contribution in [3.05, 3.63) is 53.6 Å². The molecule has 0 saturated carbocycles. The highest BCUT2D eigenvalue weighted by molar-refractivity contribution is 7.80. The van der Waals surface area contributed by atoms with Gasteiger partial charge < -0.3 is 10.1 Å². The van der Waals surface area contributed by atoms with Gasteiger partial charge in [-0.05, 0) is 66.9 Å². The van der Waals surface area contributed by atoms with Crippen LogP contribution in [0.2, 0.25) is 0 Å². The maximum atomic E-state index is 12.5. The van der Waals surface area contributed by atoms with Gasteiger partial charge in [0.25, 0.3) is 5.91 Å². The van der Waals surface area contributed by atoms with E-state index in [1.807, 2.05) is 12.1 Å². The number of fused-ring (bicyclic) bond motifs is 1. The normalized spacial score (nSPS) is 10.9. The van der Waals surface area contributed by atoms with E-state index in [0.29, 0.717) is 29.0 Å². The number of aryl methyl sites for hydroxylation is 1. The van der Waals surface area contributed by atoms with Crippen LogP contribution in [0.5, 0.6) is 5.75 Å². The highest BCUT2D eigenvalue weighted by Gasteiger charge is 2.11. The molecule has 0 fully saturated rings. The lowest BCUT2D eigenvalue weighted by atomic mass is 10.1. The van der Waals surface area contributed by atoms with Crippen molar-refractivity contribution in [2.24, 2.45) is 5.92 Å². The molecule has 0 aliphatic heterocycles. The molecule has 0 radical (unpaired) electrons. The maximum absolute atomic E-state index is 12.5. The number of benzene rings is 2. The zero-order valence-corrected chi connectivity index (χ0v) is 19.2. The summed E-state index contributed by atoms with van der Waals surface area (Å²) < 4.78 is 6.80. The van der Waals surface area contributed by atoms with Gasteiger partial charge in [-0.15, -0.1) is 0 Å². The van der Waals surface area contributed by atoms with E-state index in [1.54, 1.807) is 18.2 Å². The predicted octanol–water partition coefficient (Wildman–Crippen LogP) is 5.80. The molecule has 5 nitrogen and oxygen atoms in total. The van der Waals surface area contributed by atoms with Crippen LogP contribution >= 0.6 is 23.6 Å². The zero-order valence-electron chi connectivity index (χ0n) is 17.5. The van der Waals surface area contributed by atoms with Crippen LogP contribution in [0.25, 0.3) is 10.2 Å². The summed E-state index contributed by atoms with van der Waals surface area (Å²) in [4.78, 5) is 17.1. The largest absolute Gasteiger partial charge is 0.493 e. The third kappa shape index (κ3) is 6.24. The Hall–Kier alpha value is -2.51. The number of nitrogens with zero attached hydrogens (tertiary/aromatic N) is 1. The number of rotatable bonds is 8. The number of hydrogen-bond acceptors (Lipinski definition) is 5. The van der Waals surface area contributed by atoms with Gasteiger partial charge in [0.1, 0.15) is 5.75 Å². The van der Waals surface area contributed by atoms with Crippen LogP contribution in [-0.4, -0.2) is 22.6 Å². The lowest BCUT2D eigenvalue weighted by Gasteiger charge is -2.10. The molecule has 158 valence electrons. The Bertz CT molecular complexity index is 1030. The summed E-state index contributed by atoms with van der Waals surface area (Å²) in [6.45, 7) is 6.95. The molecule has 1 heterocycles. The SMILES string of the molecule is CCCCc1ccc2nc(NC(=S)NC(=O)c3cccc(OCC(C)C)c3)sc2c1. The van der Waals surface area contributed by atoms with Crippen molar-refractivity contribution < 1.29 is 9.53 Å². The molecule has 1 aromatic heterocycles. The molecule has 0 spiro atoms. The van der Waals surface area contributed by atoms with Crippen molar-refractivity contribution in [3.8, 4) is 5.75 Å². The van der Waals surface area contributed by atoms with Crippen LogP contribution in [0.3, 0.4) is 0 Å². The molecule has 2 aromatic carbocycles. The molecule has 0 unspecified atom stereocenters. The van der Waals surface area contributed by atoms with Gasteiger partial charge in [-0.25, -0.2) is 4.98 Å². The minimum atomic E-state index is -0.287. The summed E-state index contributed by atoms with van der Waals surface area (Å²) in [5, 5.41) is 6.62. The Kier molecular flexibility index (Phi) is 7.76. The molecule has 3 aromatic rings. The number of nitrogens with one attached hydrogen (secondary N) is 2. The second-order valence-corrected chi connectivity index (χ2v) is 9.00. The molecular formula is C23H27N3O2S2. The van der Waals surface area contributed by atoms with Crippen molar-refractivity contribution in [3.63, 3.8) is 0 Å². The van der Waals surface area contributed by atoms with E-state index in [-0.39, 0.29) is 11.0 Å². The minimum absolute atomic E-state index is 0.221. The van der Waals surface area contributed by atoms with E-state index in [2.05, 4.69) is 48.5 Å². The molecule has 3 rings (SSSR count). The van der Waals surface area contributed by atoms with Crippen LogP contribution in [-0.2, 0) is 6.42 Å². The number of unbranched alkanes of at least 4 members (excludes halogenated alkanes) is 1. The lowest BCUT2D eigenvalue weighted by molar-refractivity contribution is 0.0977. The zero-order chi connectivity index (χ0) is 21.5. The molecule has 0 aliphatic rings. The molecular weight excluding hydrogens is 414 g/mol. The monoisotopic (exact) mass is 441 g/mol. The van der Waals surface area contributed by atoms with E-state index >= 15 is 0 Å². The average molecular weight is 442 g/mol. The Morgan fingerprint density at radius 1 is 1.23 bits per heavy atom. The van der Waals surface area contributed by atoms with Crippen LogP contribution in [0.4, 0.5) is 5.13 Å². The van der Waals surface area contributed by atoms with Gasteiger partial charge in [0, 0.05) is 5.56 Å². The first-order valence-corrected chi connectivity index (χ1v) is 11.4. The molecule has 2 N–H and O–H groups in total. The number of anilines is 1. The first-order chi connectivity index (χ1) is 14.4. The van der Waals surface area contributed by atoms with Crippen LogP contribution < -0.4 is 15.4 Å². The number of carbonyl (C=O) groups excluding carboxylic acids is 1. The first kappa shape index (κ1) is 22.2. The summed E-state index contributed by atoms with van der Waals surface area (Å²) in [7, 11) is 0. The number of carbonyl (C=O) groups is 1. The standard InChI is InChI=1S/C23H27N3O2S2/c1-4-5-7-16-10-11-19-20(12-16)30-23(24-19)26-22(29)25-21(27)17-8-6-9-18(13-17)28-14-15(2)3/h6,8-13,15H,4-5,7,14H2,1-3H3,(H2,24,25,26,27,29). The first-order valence-electron chi connectivity index (χ1n) is 10.2. The minimum Gasteiger partial charge on any atom is -0.493 e. The van der Waals surface area contributed by atoms with Crippen LogP contribution in [0.1, 0.15) is 49.5 Å². The fourth-order valence-corrected chi connectivity index (χ4v) is 4.04. The highest BCUT2D eigenvalue weighted by Crippen LogP contribution is 2.27. The summed E-state index contributed by atoms with van der Waals surface area (Å²) in [6.07, 6.45) is 3.42. The van der Waals surface area contributed by atoms with E-state index in [9.17, 15) is 4.79 Å². The molecule has 0 atom stereocenters. The molecule has 7 heteroatoms. The third-order valence-corrected chi connectivity index (χ3v) is 5.54. The Morgan fingerprint density at radius 3 is 2.83 bits per heavy atom. The summed E-state index contributed by atoms with van der Waals surface area (Å²) in [5.74, 6) is 0.793. The highest BCUT2D eigenvalue weighted by atomic mass is 32.1. The maximum Gasteiger partial charge on any atom is 0.257 e.